The first-order valence-electron chi connectivity index (χ1n) is 19.8. The first kappa shape index (κ1) is 40.3. The van der Waals surface area contributed by atoms with Crippen molar-refractivity contribution in [1.29, 1.82) is 0 Å². The second-order valence-electron chi connectivity index (χ2n) is 15.4. The molecule has 13 heteroatoms. The number of halogens is 2. The van der Waals surface area contributed by atoms with Gasteiger partial charge in [-0.1, -0.05) is 24.2 Å². The molecule has 2 aromatic carbocycles. The van der Waals surface area contributed by atoms with Gasteiger partial charge in [0.05, 0.1) is 24.6 Å². The highest BCUT2D eigenvalue weighted by atomic mass is 19.1. The molecule has 2 aliphatic heterocycles. The molecule has 0 aliphatic carbocycles. The maximum Gasteiger partial charge on any atom is 0.170 e. The van der Waals surface area contributed by atoms with E-state index in [1.54, 1.807) is 12.1 Å². The Morgan fingerprint density at radius 2 is 1.13 bits per heavy atom. The van der Waals surface area contributed by atoms with Crippen LogP contribution in [-0.2, 0) is 14.3 Å². The molecule has 6 rings (SSSR count). The van der Waals surface area contributed by atoms with Crippen LogP contribution in [0.15, 0.2) is 45.4 Å². The number of hydrogen-bond acceptors (Lipinski definition) is 11. The number of aromatic nitrogens is 2. The normalized spacial score (nSPS) is 19.1. The highest BCUT2D eigenvalue weighted by Gasteiger charge is 2.27. The van der Waals surface area contributed by atoms with Crippen LogP contribution in [0, 0.1) is 23.5 Å². The minimum atomic E-state index is -0.908. The Labute approximate surface area is 315 Å². The molecule has 2 fully saturated rings. The van der Waals surface area contributed by atoms with Crippen molar-refractivity contribution in [2.24, 2.45) is 11.8 Å². The molecule has 296 valence electrons. The number of hydrogen-bond donors (Lipinski definition) is 2. The van der Waals surface area contributed by atoms with Gasteiger partial charge in [0.1, 0.15) is 17.4 Å². The van der Waals surface area contributed by atoms with E-state index in [9.17, 15) is 23.8 Å². The first-order valence-corrected chi connectivity index (χ1v) is 19.8. The number of piperidine rings is 2. The molecule has 11 nitrogen and oxygen atoms in total. The Bertz CT molecular complexity index is 1640. The van der Waals surface area contributed by atoms with Crippen molar-refractivity contribution in [1.82, 2.24) is 20.1 Å². The van der Waals surface area contributed by atoms with Crippen molar-refractivity contribution in [3.05, 3.63) is 59.4 Å². The number of ether oxygens (including phenoxy) is 2. The van der Waals surface area contributed by atoms with Crippen LogP contribution in [-0.4, -0.2) is 101 Å². The summed E-state index contributed by atoms with van der Waals surface area (Å²) in [6.45, 7) is 10.1. The molecule has 0 bridgehead atoms. The molecule has 2 saturated heterocycles. The Morgan fingerprint density at radius 3 is 1.54 bits per heavy atom. The summed E-state index contributed by atoms with van der Waals surface area (Å²) in [7, 11) is 0. The zero-order valence-electron chi connectivity index (χ0n) is 31.6. The summed E-state index contributed by atoms with van der Waals surface area (Å²) < 4.78 is 49.0. The highest BCUT2D eigenvalue weighted by Crippen LogP contribution is 2.34. The van der Waals surface area contributed by atoms with E-state index >= 15 is 0 Å². The van der Waals surface area contributed by atoms with Gasteiger partial charge in [-0.05, 0) is 115 Å². The fourth-order valence-electron chi connectivity index (χ4n) is 8.05. The predicted molar refractivity (Wildman–Crippen MR) is 200 cm³/mol. The lowest BCUT2D eigenvalue weighted by Crippen LogP contribution is -2.34. The summed E-state index contributed by atoms with van der Waals surface area (Å²) >= 11 is 0. The minimum Gasteiger partial charge on any atom is -0.368 e. The largest absolute Gasteiger partial charge is 0.368 e. The summed E-state index contributed by atoms with van der Waals surface area (Å²) in [5.41, 5.74) is 2.81. The minimum absolute atomic E-state index is 0.123. The lowest BCUT2D eigenvalue weighted by atomic mass is 9.89. The van der Waals surface area contributed by atoms with Gasteiger partial charge in [-0.2, -0.15) is 0 Å². The number of rotatable bonds is 20. The summed E-state index contributed by atoms with van der Waals surface area (Å²) in [6, 6.07) is 9.15. The van der Waals surface area contributed by atoms with Crippen molar-refractivity contribution in [2.75, 3.05) is 52.5 Å². The van der Waals surface area contributed by atoms with Gasteiger partial charge in [0.25, 0.3) is 0 Å². The number of fused-ring (bicyclic) bond motifs is 2. The SMILES string of the molecule is CC(CCC(O)OCCCN1CCC(c2noc3cc(F)ccc23)CC1)C(=O)C(C)CCC(O)OCCCN1CCC(c2noc3cc(F)ccc23)CC1. The fourth-order valence-corrected chi connectivity index (χ4v) is 8.05. The predicted octanol–water partition coefficient (Wildman–Crippen LogP) is 7.16. The lowest BCUT2D eigenvalue weighted by molar-refractivity contribution is -0.130. The molecule has 0 spiro atoms. The number of carbonyl (C=O) groups is 1. The molecule has 2 N–H and O–H groups in total. The van der Waals surface area contributed by atoms with E-state index in [1.165, 1.54) is 24.3 Å². The van der Waals surface area contributed by atoms with Crippen LogP contribution in [0.2, 0.25) is 0 Å². The van der Waals surface area contributed by atoms with Crippen LogP contribution < -0.4 is 0 Å². The number of carbonyl (C=O) groups excluding carboxylic acids is 1. The van der Waals surface area contributed by atoms with Gasteiger partial charge in [-0.3, -0.25) is 4.79 Å². The number of likely N-dealkylation sites (tertiary alicyclic amines) is 2. The molecule has 4 aromatic rings. The van der Waals surface area contributed by atoms with Crippen molar-refractivity contribution in [3.8, 4) is 0 Å². The van der Waals surface area contributed by atoms with Gasteiger partial charge in [-0.25, -0.2) is 8.78 Å². The summed E-state index contributed by atoms with van der Waals surface area (Å²) in [6.07, 6.45) is 5.46. The molecule has 4 atom stereocenters. The molecule has 0 amide bonds. The molecule has 2 aliphatic rings. The van der Waals surface area contributed by atoms with Crippen LogP contribution >= 0.6 is 0 Å². The van der Waals surface area contributed by atoms with Crippen LogP contribution in [0.5, 0.6) is 0 Å². The molecule has 0 radical (unpaired) electrons. The molecule has 4 heterocycles. The van der Waals surface area contributed by atoms with E-state index in [0.717, 1.165) is 100.0 Å². The van der Waals surface area contributed by atoms with E-state index in [4.69, 9.17) is 18.5 Å². The van der Waals surface area contributed by atoms with Crippen LogP contribution in [0.4, 0.5) is 8.78 Å². The second-order valence-corrected chi connectivity index (χ2v) is 15.4. The van der Waals surface area contributed by atoms with E-state index in [1.807, 2.05) is 13.8 Å². The third-order valence-electron chi connectivity index (χ3n) is 11.4. The molecular formula is C41H56F2N4O7. The maximum atomic E-state index is 13.5. The Hall–Kier alpha value is -3.33. The highest BCUT2D eigenvalue weighted by molar-refractivity contribution is 5.83. The third-order valence-corrected chi connectivity index (χ3v) is 11.4. The van der Waals surface area contributed by atoms with Crippen molar-refractivity contribution in [2.45, 2.75) is 102 Å². The standard InChI is InChI=1S/C41H56F2N4O7/c1-27(5-11-37(48)51-23-3-17-46-19-13-29(14-20-46)39-33-9-7-31(42)25-35(33)53-44-39)41(50)28(2)6-12-38(49)52-24-4-18-47-21-15-30(16-22-47)40-34-10-8-32(43)26-36(34)54-45-40/h7-10,25-30,37-38,48-49H,3-6,11-24H2,1-2H3. The average molecular weight is 755 g/mol. The first-order chi connectivity index (χ1) is 26.1. The quantitative estimate of drug-likeness (QED) is 0.0704. The van der Waals surface area contributed by atoms with Crippen LogP contribution in [0.3, 0.4) is 0 Å². The molecular weight excluding hydrogens is 698 g/mol. The van der Waals surface area contributed by atoms with Crippen molar-refractivity contribution >= 4 is 27.7 Å². The number of Topliss-reactive ketones (excluding diaryl/α,β-unsaturated/α-hetero) is 1. The van der Waals surface area contributed by atoms with Gasteiger partial charge < -0.3 is 38.5 Å². The Morgan fingerprint density at radius 1 is 0.722 bits per heavy atom. The number of benzene rings is 2. The number of ketones is 1. The van der Waals surface area contributed by atoms with Crippen LogP contribution in [0.1, 0.15) is 101 Å². The van der Waals surface area contributed by atoms with Crippen molar-refractivity contribution < 1.29 is 42.3 Å². The third kappa shape index (κ3) is 10.9. The summed E-state index contributed by atoms with van der Waals surface area (Å²) in [4.78, 5) is 17.8. The molecule has 54 heavy (non-hydrogen) atoms. The summed E-state index contributed by atoms with van der Waals surface area (Å²) in [5.74, 6) is -0.376. The molecule has 0 saturated carbocycles. The average Bonchev–Trinajstić information content (AvgIpc) is 3.80. The van der Waals surface area contributed by atoms with Gasteiger partial charge in [0, 0.05) is 59.7 Å². The maximum absolute atomic E-state index is 13.5. The zero-order chi connectivity index (χ0) is 38.0. The monoisotopic (exact) mass is 754 g/mol. The number of aliphatic hydroxyl groups is 2. The van der Waals surface area contributed by atoms with E-state index in [0.29, 0.717) is 61.9 Å². The Kier molecular flexibility index (Phi) is 14.6. The lowest BCUT2D eigenvalue weighted by Gasteiger charge is -2.31. The summed E-state index contributed by atoms with van der Waals surface area (Å²) in [5, 5.41) is 31.0. The Balaban J connectivity index is 0.766. The van der Waals surface area contributed by atoms with Gasteiger partial charge in [-0.15, -0.1) is 0 Å². The van der Waals surface area contributed by atoms with Gasteiger partial charge in [0.15, 0.2) is 23.7 Å². The number of nitrogens with zero attached hydrogens (tertiary/aromatic N) is 4. The van der Waals surface area contributed by atoms with Crippen LogP contribution in [0.25, 0.3) is 21.9 Å². The topological polar surface area (TPSA) is 135 Å². The van der Waals surface area contributed by atoms with E-state index < -0.39 is 12.6 Å². The van der Waals surface area contributed by atoms with Gasteiger partial charge >= 0.3 is 0 Å². The smallest absolute Gasteiger partial charge is 0.170 e. The van der Waals surface area contributed by atoms with Crippen molar-refractivity contribution in [3.63, 3.8) is 0 Å². The molecule has 2 aromatic heterocycles. The van der Waals surface area contributed by atoms with E-state index in [-0.39, 0.29) is 29.3 Å². The number of aliphatic hydroxyl groups excluding tert-OH is 2. The van der Waals surface area contributed by atoms with Gasteiger partial charge in [0.2, 0.25) is 0 Å². The molecule has 4 unspecified atom stereocenters. The fraction of sp³-hybridized carbons (Fsp3) is 0.634. The second kappa shape index (κ2) is 19.5. The zero-order valence-corrected chi connectivity index (χ0v) is 31.6. The van der Waals surface area contributed by atoms with E-state index in [2.05, 4.69) is 20.1 Å².